The van der Waals surface area contributed by atoms with Crippen LogP contribution in [0, 0.1) is 0 Å². The largest absolute Gasteiger partial charge is 0.497 e. The van der Waals surface area contributed by atoms with Gasteiger partial charge in [-0.3, -0.25) is 0 Å². The zero-order chi connectivity index (χ0) is 24.7. The van der Waals surface area contributed by atoms with Crippen LogP contribution in [0.5, 0.6) is 5.75 Å². The first-order chi connectivity index (χ1) is 15.9. The molecule has 0 amide bonds. The zero-order valence-electron chi connectivity index (χ0n) is 17.4. The molecule has 4 rings (SSSR count). The highest BCUT2D eigenvalue weighted by atomic mass is 19.4. The van der Waals surface area contributed by atoms with Crippen LogP contribution < -0.4 is 9.75 Å². The molecule has 12 heteroatoms. The van der Waals surface area contributed by atoms with Crippen LogP contribution in [0.1, 0.15) is 17.7 Å². The monoisotopic (exact) mass is 482 g/mol. The summed E-state index contributed by atoms with van der Waals surface area (Å²) in [6.07, 6.45) is -11.3. The van der Waals surface area contributed by atoms with E-state index >= 15 is 0 Å². The molecule has 3 aromatic rings. The lowest BCUT2D eigenvalue weighted by molar-refractivity contribution is -0.254. The molecule has 1 aliphatic rings. The van der Waals surface area contributed by atoms with E-state index in [2.05, 4.69) is 15.1 Å². The number of nitrogens with zero attached hydrogens (tertiary/aromatic N) is 4. The first-order valence-electron chi connectivity index (χ1n) is 9.75. The van der Waals surface area contributed by atoms with E-state index < -0.39 is 36.1 Å². The molecule has 0 saturated heterocycles. The van der Waals surface area contributed by atoms with Crippen molar-refractivity contribution in [3.63, 3.8) is 0 Å². The van der Waals surface area contributed by atoms with Crippen molar-refractivity contribution in [2.24, 2.45) is 5.10 Å². The fourth-order valence-electron chi connectivity index (χ4n) is 3.37. The Morgan fingerprint density at radius 1 is 0.912 bits per heavy atom. The Balaban J connectivity index is 1.92. The Bertz CT molecular complexity index is 1230. The summed E-state index contributed by atoms with van der Waals surface area (Å²) in [5.41, 5.74) is -5.28. The maximum absolute atomic E-state index is 14.0. The van der Waals surface area contributed by atoms with E-state index in [1.165, 1.54) is 43.5 Å². The van der Waals surface area contributed by atoms with Gasteiger partial charge in [0, 0.05) is 5.56 Å². The van der Waals surface area contributed by atoms with Crippen molar-refractivity contribution in [3.05, 3.63) is 71.9 Å². The van der Waals surface area contributed by atoms with Crippen LogP contribution >= 0.6 is 0 Å². The third kappa shape index (κ3) is 4.28. The maximum atomic E-state index is 14.0. The Kier molecular flexibility index (Phi) is 5.72. The van der Waals surface area contributed by atoms with Gasteiger partial charge in [0.25, 0.3) is 5.72 Å². The molecule has 0 spiro atoms. The summed E-state index contributed by atoms with van der Waals surface area (Å²) in [6.45, 7) is 0. The van der Waals surface area contributed by atoms with E-state index in [1.54, 1.807) is 18.2 Å². The quantitative estimate of drug-likeness (QED) is 0.528. The number of hydrogen-bond acceptors (Lipinski definition) is 6. The minimum Gasteiger partial charge on any atom is -0.497 e. The Morgan fingerprint density at radius 3 is 2.21 bits per heavy atom. The number of rotatable bonds is 4. The molecular formula is C22H16F6N4O2. The number of aromatic nitrogens is 2. The van der Waals surface area contributed by atoms with E-state index in [0.29, 0.717) is 11.8 Å². The van der Waals surface area contributed by atoms with Gasteiger partial charge in [0.05, 0.1) is 24.9 Å². The first kappa shape index (κ1) is 23.5. The molecule has 0 fully saturated rings. The van der Waals surface area contributed by atoms with Gasteiger partial charge in [-0.2, -0.15) is 36.5 Å². The van der Waals surface area contributed by atoms with Gasteiger partial charge in [-0.1, -0.05) is 42.5 Å². The summed E-state index contributed by atoms with van der Waals surface area (Å²) >= 11 is 0. The van der Waals surface area contributed by atoms with Crippen LogP contribution in [-0.4, -0.2) is 39.8 Å². The highest BCUT2D eigenvalue weighted by Gasteiger charge is 2.63. The van der Waals surface area contributed by atoms with Gasteiger partial charge in [0.1, 0.15) is 5.75 Å². The van der Waals surface area contributed by atoms with Gasteiger partial charge in [0.2, 0.25) is 5.95 Å². The number of hydrazone groups is 1. The van der Waals surface area contributed by atoms with Crippen molar-refractivity contribution in [1.29, 1.82) is 0 Å². The fourth-order valence-corrected chi connectivity index (χ4v) is 3.37. The molecule has 178 valence electrons. The summed E-state index contributed by atoms with van der Waals surface area (Å²) in [6, 6.07) is 14.1. The number of methoxy groups -OCH3 is 1. The zero-order valence-corrected chi connectivity index (χ0v) is 17.4. The van der Waals surface area contributed by atoms with Gasteiger partial charge in [-0.25, -0.2) is 9.97 Å². The number of anilines is 1. The molecule has 0 saturated carbocycles. The number of ether oxygens (including phenoxy) is 1. The van der Waals surface area contributed by atoms with Gasteiger partial charge in [-0.05, 0) is 23.8 Å². The van der Waals surface area contributed by atoms with Gasteiger partial charge >= 0.3 is 12.4 Å². The van der Waals surface area contributed by atoms with Crippen LogP contribution in [0.15, 0.2) is 65.8 Å². The van der Waals surface area contributed by atoms with Crippen molar-refractivity contribution in [3.8, 4) is 17.0 Å². The first-order valence-corrected chi connectivity index (χ1v) is 9.75. The summed E-state index contributed by atoms with van der Waals surface area (Å²) in [5, 5.41) is 14.4. The topological polar surface area (TPSA) is 70.8 Å². The van der Waals surface area contributed by atoms with Gasteiger partial charge in [-0.15, -0.1) is 0 Å². The summed E-state index contributed by atoms with van der Waals surface area (Å²) in [4.78, 5) is 7.19. The van der Waals surface area contributed by atoms with Crippen LogP contribution in [0.3, 0.4) is 0 Å². The standard InChI is InChI=1S/C22H16F6N4O2/c1-34-15-9-5-8-14(10-15)16-11-18(21(23,24)25)30-19(29-16)32-20(33,22(26,27)28)12-17(31-32)13-6-3-2-4-7-13/h2-11,33H,12H2,1H3. The van der Waals surface area contributed by atoms with E-state index in [-0.39, 0.29) is 27.5 Å². The van der Waals surface area contributed by atoms with Crippen molar-refractivity contribution in [2.45, 2.75) is 24.5 Å². The van der Waals surface area contributed by atoms with Crippen molar-refractivity contribution < 1.29 is 36.2 Å². The molecule has 0 radical (unpaired) electrons. The smallest absolute Gasteiger partial charge is 0.438 e. The Labute approximate surface area is 189 Å². The second-order valence-corrected chi connectivity index (χ2v) is 7.38. The number of halogens is 6. The van der Waals surface area contributed by atoms with Crippen molar-refractivity contribution >= 4 is 11.7 Å². The van der Waals surface area contributed by atoms with Crippen molar-refractivity contribution in [1.82, 2.24) is 9.97 Å². The predicted octanol–water partition coefficient (Wildman–Crippen LogP) is 5.04. The van der Waals surface area contributed by atoms with Crippen molar-refractivity contribution in [2.75, 3.05) is 12.1 Å². The number of alkyl halides is 6. The predicted molar refractivity (Wildman–Crippen MR) is 110 cm³/mol. The maximum Gasteiger partial charge on any atom is 0.438 e. The number of aliphatic hydroxyl groups is 1. The average molecular weight is 482 g/mol. The lowest BCUT2D eigenvalue weighted by atomic mass is 10.0. The van der Waals surface area contributed by atoms with E-state index in [1.807, 2.05) is 0 Å². The van der Waals surface area contributed by atoms with Crippen LogP contribution in [-0.2, 0) is 6.18 Å². The molecule has 0 bridgehead atoms. The molecule has 1 unspecified atom stereocenters. The molecule has 1 N–H and O–H groups in total. The molecule has 0 aliphatic carbocycles. The Hall–Kier alpha value is -3.67. The lowest BCUT2D eigenvalue weighted by Crippen LogP contribution is -2.55. The summed E-state index contributed by atoms with van der Waals surface area (Å²) < 4.78 is 87.8. The van der Waals surface area contributed by atoms with Gasteiger partial charge < -0.3 is 9.84 Å². The number of benzene rings is 2. The molecule has 1 aromatic heterocycles. The summed E-state index contributed by atoms with van der Waals surface area (Å²) in [7, 11) is 1.35. The second kappa shape index (κ2) is 8.28. The normalized spacial score (nSPS) is 18.7. The molecule has 34 heavy (non-hydrogen) atoms. The fraction of sp³-hybridized carbons (Fsp3) is 0.227. The molecule has 2 heterocycles. The Morgan fingerprint density at radius 2 is 1.59 bits per heavy atom. The average Bonchev–Trinajstić information content (AvgIpc) is 3.18. The van der Waals surface area contributed by atoms with Crippen LogP contribution in [0.4, 0.5) is 32.3 Å². The van der Waals surface area contributed by atoms with E-state index in [9.17, 15) is 31.4 Å². The van der Waals surface area contributed by atoms with E-state index in [4.69, 9.17) is 4.74 Å². The second-order valence-electron chi connectivity index (χ2n) is 7.38. The van der Waals surface area contributed by atoms with E-state index in [0.717, 1.165) is 0 Å². The molecule has 1 aliphatic heterocycles. The van der Waals surface area contributed by atoms with Crippen LogP contribution in [0.2, 0.25) is 0 Å². The molecular weight excluding hydrogens is 466 g/mol. The number of hydrogen-bond donors (Lipinski definition) is 1. The molecule has 6 nitrogen and oxygen atoms in total. The minimum absolute atomic E-state index is 0.00571. The minimum atomic E-state index is -5.29. The third-order valence-corrected chi connectivity index (χ3v) is 5.11. The molecule has 2 aromatic carbocycles. The lowest BCUT2D eigenvalue weighted by Gasteiger charge is -2.32. The van der Waals surface area contributed by atoms with Gasteiger partial charge in [0.15, 0.2) is 5.69 Å². The van der Waals surface area contributed by atoms with Crippen LogP contribution in [0.25, 0.3) is 11.3 Å². The molecule has 1 atom stereocenters. The summed E-state index contributed by atoms with van der Waals surface area (Å²) in [5.74, 6) is -0.762. The SMILES string of the molecule is COc1cccc(-c2cc(C(F)(F)F)nc(N3N=C(c4ccccc4)CC3(O)C(F)(F)F)n2)c1. The highest BCUT2D eigenvalue weighted by molar-refractivity contribution is 6.03. The third-order valence-electron chi connectivity index (χ3n) is 5.11. The highest BCUT2D eigenvalue weighted by Crippen LogP contribution is 2.44.